The molecule has 5 rings (SSSR count). The standard InChI is InChI=1S/C86H126N12O15S2/c1-20-114-115-70-41-33-34-56(10)76(70)113-72(102)50-64(83(109)94(16)67(48-62-39-29-23-30-40-62)80(106)89-58(12)82(108)98-42-31-24-32-43-98)90-78(104)63(46-60-35-25-21-26-36-60)49-69(100)75(55(8)9)97(19)84(110)68(45-53(4)5)93(15)71(101)51-88-79(105)66(47-61-37-27-22-28-38-61)96(18)86(112)74(59(13)99)92-81(107)65(44-52(2)3)95(17)85(111)73(54(6)7)91-77(103)57(11)87-14/h21-23,25-30,33-41,52-55,57-59,63-68,73-75,87,99H,20,24,31-32,42-51H2,1-19H3,(H,88,105)(H,89,106)(H,90,104)(H,91,103)(H,92,107)/t57-,58-,59+,63+,64-,65-,66-,67?,68-,73-,74-,75-/m0/s1. The molecule has 1 fully saturated rings. The first-order valence-electron chi connectivity index (χ1n) is 40.0. The monoisotopic (exact) mass is 1630 g/mol. The molecule has 0 bridgehead atoms. The van der Waals surface area contributed by atoms with Crippen LogP contribution in [-0.2, 0) is 81.6 Å². The van der Waals surface area contributed by atoms with Crippen LogP contribution in [0, 0.1) is 36.5 Å². The number of hydrogen-bond donors (Lipinski definition) is 7. The highest BCUT2D eigenvalue weighted by Crippen LogP contribution is 2.39. The number of piperidine rings is 1. The van der Waals surface area contributed by atoms with Crippen molar-refractivity contribution < 1.29 is 72.2 Å². The quantitative estimate of drug-likeness (QED) is 0.0133. The molecule has 632 valence electrons. The third-order valence-electron chi connectivity index (χ3n) is 20.9. The summed E-state index contributed by atoms with van der Waals surface area (Å²) in [4.78, 5) is 199. The Morgan fingerprint density at radius 2 is 0.991 bits per heavy atom. The molecule has 0 aromatic heterocycles. The summed E-state index contributed by atoms with van der Waals surface area (Å²) in [7, 11) is 11.5. The molecule has 12 atom stereocenters. The van der Waals surface area contributed by atoms with Gasteiger partial charge in [0, 0.05) is 79.3 Å². The predicted molar refractivity (Wildman–Crippen MR) is 447 cm³/mol. The minimum absolute atomic E-state index is 0.0287. The molecule has 1 unspecified atom stereocenters. The Labute approximate surface area is 688 Å². The van der Waals surface area contributed by atoms with Gasteiger partial charge in [-0.3, -0.25) is 62.3 Å². The number of nitrogens with zero attached hydrogens (tertiary/aromatic N) is 6. The Morgan fingerprint density at radius 1 is 0.496 bits per heavy atom. The summed E-state index contributed by atoms with van der Waals surface area (Å²) in [6, 6.07) is 19.6. The Balaban J connectivity index is 1.45. The van der Waals surface area contributed by atoms with Crippen LogP contribution in [0.3, 0.4) is 0 Å². The number of hydrogen-bond acceptors (Lipinski definition) is 18. The molecule has 7 N–H and O–H groups in total. The van der Waals surface area contributed by atoms with Gasteiger partial charge in [0.25, 0.3) is 0 Å². The van der Waals surface area contributed by atoms with Crippen LogP contribution in [0.1, 0.15) is 150 Å². The first-order valence-corrected chi connectivity index (χ1v) is 42.4. The smallest absolute Gasteiger partial charge is 0.313 e. The number of ether oxygens (including phenoxy) is 1. The third kappa shape index (κ3) is 28.9. The number of nitrogens with one attached hydrogen (secondary N) is 6. The second-order valence-corrected chi connectivity index (χ2v) is 34.3. The number of ketones is 1. The molecular formula is C86H126N12O15S2. The summed E-state index contributed by atoms with van der Waals surface area (Å²) in [5.74, 6) is -10.5. The van der Waals surface area contributed by atoms with E-state index in [1.165, 1.54) is 78.4 Å². The van der Waals surface area contributed by atoms with Gasteiger partial charge in [0.1, 0.15) is 54.1 Å². The summed E-state index contributed by atoms with van der Waals surface area (Å²) in [6.45, 7) is 23.0. The number of benzene rings is 4. The van der Waals surface area contributed by atoms with Crippen molar-refractivity contribution in [1.82, 2.24) is 61.3 Å². The molecule has 1 aliphatic heterocycles. The van der Waals surface area contributed by atoms with Gasteiger partial charge in [0.05, 0.1) is 36.0 Å². The molecule has 1 saturated heterocycles. The van der Waals surface area contributed by atoms with Crippen molar-refractivity contribution in [2.45, 2.75) is 226 Å². The molecule has 115 heavy (non-hydrogen) atoms. The molecule has 1 aliphatic rings. The number of Topliss-reactive ketones (excluding diaryl/α,β-unsaturated/α-hetero) is 1. The number of aryl methyl sites for hydroxylation is 1. The Morgan fingerprint density at radius 3 is 1.50 bits per heavy atom. The lowest BCUT2D eigenvalue weighted by atomic mass is 9.87. The Bertz CT molecular complexity index is 3900. The van der Waals surface area contributed by atoms with Gasteiger partial charge in [0.2, 0.25) is 65.0 Å². The van der Waals surface area contributed by atoms with E-state index in [1.807, 2.05) is 40.7 Å². The van der Waals surface area contributed by atoms with Crippen molar-refractivity contribution in [2.75, 3.05) is 67.7 Å². The first-order chi connectivity index (χ1) is 54.3. The normalized spacial score (nSPS) is 15.4. The molecule has 27 nitrogen and oxygen atoms in total. The Kier molecular flexibility index (Phi) is 39.5. The number of esters is 1. The highest BCUT2D eigenvalue weighted by atomic mass is 33.1. The van der Waals surface area contributed by atoms with Crippen LogP contribution in [0.4, 0.5) is 0 Å². The van der Waals surface area contributed by atoms with Crippen LogP contribution in [0.25, 0.3) is 0 Å². The highest BCUT2D eigenvalue weighted by molar-refractivity contribution is 8.76. The fourth-order valence-corrected chi connectivity index (χ4v) is 15.8. The van der Waals surface area contributed by atoms with E-state index < -0.39 is 174 Å². The average Bonchev–Trinajstić information content (AvgIpc) is 0.820. The predicted octanol–water partition coefficient (Wildman–Crippen LogP) is 6.97. The number of carbonyl (C=O) groups excluding carboxylic acids is 13. The van der Waals surface area contributed by atoms with Gasteiger partial charge in [-0.2, -0.15) is 0 Å². The zero-order valence-corrected chi connectivity index (χ0v) is 72.3. The minimum atomic E-state index is -1.71. The molecule has 0 spiro atoms. The van der Waals surface area contributed by atoms with E-state index in [4.69, 9.17) is 4.74 Å². The second kappa shape index (κ2) is 47.1. The van der Waals surface area contributed by atoms with Gasteiger partial charge in [-0.05, 0) is 125 Å². The summed E-state index contributed by atoms with van der Waals surface area (Å²) in [6.07, 6.45) is -0.126. The maximum atomic E-state index is 15.5. The topological polar surface area (TPSA) is 343 Å². The minimum Gasteiger partial charge on any atom is -0.425 e. The first kappa shape index (κ1) is 96.4. The highest BCUT2D eigenvalue weighted by Gasteiger charge is 2.43. The molecule has 0 radical (unpaired) electrons. The lowest BCUT2D eigenvalue weighted by Crippen LogP contribution is -2.62. The van der Waals surface area contributed by atoms with E-state index in [0.29, 0.717) is 40.2 Å². The molecule has 1 heterocycles. The average molecular weight is 1630 g/mol. The molecule has 0 aliphatic carbocycles. The largest absolute Gasteiger partial charge is 0.425 e. The molecule has 11 amide bonds. The fraction of sp³-hybridized carbons (Fsp3) is 0.570. The number of amides is 11. The van der Waals surface area contributed by atoms with Crippen LogP contribution in [0.5, 0.6) is 5.75 Å². The second-order valence-electron chi connectivity index (χ2n) is 31.7. The van der Waals surface area contributed by atoms with Gasteiger partial charge in [0.15, 0.2) is 5.78 Å². The SMILES string of the molecule is CCSSc1cccc(C)c1OC(=O)C[C@H](NC(=O)[C@@H](CC(=O)[C@H](C(C)C)N(C)C(=O)[C@H](CC(C)C)N(C)C(=O)CNC(=O)[C@H](Cc1ccccc1)N(C)C(=O)[C@@H](NC(=O)[C@H](CC(C)C)N(C)C(=O)[C@@H](NC(=O)[C@H](C)NC)C(C)C)[C@@H](C)O)Cc1ccccc1)C(=O)N(C)C(Cc1ccccc1)C(=O)N[C@@H](C)C(=O)N1CCCCC1. The van der Waals surface area contributed by atoms with E-state index in [2.05, 4.69) is 31.9 Å². The van der Waals surface area contributed by atoms with Crippen molar-refractivity contribution in [3.63, 3.8) is 0 Å². The fourth-order valence-electron chi connectivity index (χ4n) is 14.0. The van der Waals surface area contributed by atoms with E-state index >= 15 is 19.2 Å². The Hall–Kier alpha value is -9.19. The van der Waals surface area contributed by atoms with Crippen LogP contribution < -0.4 is 36.6 Å². The van der Waals surface area contributed by atoms with Crippen molar-refractivity contribution >= 4 is 98.3 Å². The summed E-state index contributed by atoms with van der Waals surface area (Å²) in [5.41, 5.74) is 2.54. The van der Waals surface area contributed by atoms with Crippen molar-refractivity contribution in [2.24, 2.45) is 29.6 Å². The molecule has 4 aromatic rings. The number of likely N-dealkylation sites (N-methyl/N-ethyl adjacent to an activating group) is 6. The van der Waals surface area contributed by atoms with Crippen molar-refractivity contribution in [3.8, 4) is 5.75 Å². The van der Waals surface area contributed by atoms with Gasteiger partial charge < -0.3 is 71.1 Å². The number of rotatable bonds is 44. The summed E-state index contributed by atoms with van der Waals surface area (Å²) in [5, 5.41) is 28.0. The van der Waals surface area contributed by atoms with Crippen molar-refractivity contribution in [1.29, 1.82) is 0 Å². The number of likely N-dealkylation sites (tertiary alicyclic amines) is 1. The van der Waals surface area contributed by atoms with E-state index in [-0.39, 0.29) is 55.6 Å². The summed E-state index contributed by atoms with van der Waals surface area (Å²) >= 11 is 0. The van der Waals surface area contributed by atoms with Gasteiger partial charge in [-0.15, -0.1) is 0 Å². The van der Waals surface area contributed by atoms with Gasteiger partial charge >= 0.3 is 5.97 Å². The lowest BCUT2D eigenvalue weighted by molar-refractivity contribution is -0.149. The maximum absolute atomic E-state index is 15.5. The number of carbonyl (C=O) groups is 13. The van der Waals surface area contributed by atoms with Gasteiger partial charge in [-0.1, -0.05) is 187 Å². The maximum Gasteiger partial charge on any atom is 0.313 e. The number of aliphatic hydroxyl groups excluding tert-OH is 1. The number of para-hydroxylation sites is 1. The van der Waals surface area contributed by atoms with Crippen LogP contribution in [0.2, 0.25) is 0 Å². The van der Waals surface area contributed by atoms with E-state index in [0.717, 1.165) is 34.8 Å². The van der Waals surface area contributed by atoms with Crippen molar-refractivity contribution in [3.05, 3.63) is 131 Å². The summed E-state index contributed by atoms with van der Waals surface area (Å²) < 4.78 is 6.10. The molecule has 4 aromatic carbocycles. The lowest BCUT2D eigenvalue weighted by Gasteiger charge is -2.37. The molecular weight excluding hydrogens is 1510 g/mol. The van der Waals surface area contributed by atoms with E-state index in [1.54, 1.807) is 164 Å². The zero-order chi connectivity index (χ0) is 85.7. The number of aliphatic hydroxyl groups is 1. The van der Waals surface area contributed by atoms with Crippen LogP contribution >= 0.6 is 21.6 Å². The zero-order valence-electron chi connectivity index (χ0n) is 70.7. The third-order valence-corrected chi connectivity index (χ3v) is 23.3. The molecule has 29 heteroatoms. The molecule has 0 saturated carbocycles. The van der Waals surface area contributed by atoms with E-state index in [9.17, 15) is 48.3 Å². The van der Waals surface area contributed by atoms with Crippen LogP contribution in [-0.4, -0.2) is 245 Å². The van der Waals surface area contributed by atoms with Crippen LogP contribution in [0.15, 0.2) is 114 Å². The van der Waals surface area contributed by atoms with Gasteiger partial charge in [-0.25, -0.2) is 0 Å².